The zero-order valence-corrected chi connectivity index (χ0v) is 17.2. The summed E-state index contributed by atoms with van der Waals surface area (Å²) >= 11 is 9.37. The maximum Gasteiger partial charge on any atom is 0.324 e. The van der Waals surface area contributed by atoms with Crippen molar-refractivity contribution in [2.24, 2.45) is 5.92 Å². The number of hydrogen-bond acceptors (Lipinski definition) is 3. The van der Waals surface area contributed by atoms with E-state index in [1.807, 2.05) is 48.5 Å². The summed E-state index contributed by atoms with van der Waals surface area (Å²) in [5.41, 5.74) is 1.79. The Hall–Kier alpha value is -2.05. The first-order valence-electron chi connectivity index (χ1n) is 8.59. The quantitative estimate of drug-likeness (QED) is 0.618. The number of urea groups is 1. The molecule has 1 aliphatic heterocycles. The molecule has 1 fully saturated rings. The standard InChI is InChI=1S/C20H20BrClN2O3/c1-27-19(25)10-15-12-23(11-14-2-6-17(22)7-3-14)20(26)24(13-15)18-8-4-16(21)5-9-18/h2-9,15H,10-13H2,1H3. The molecule has 0 N–H and O–H groups in total. The third-order valence-electron chi connectivity index (χ3n) is 4.53. The average molecular weight is 452 g/mol. The minimum absolute atomic E-state index is 0.00824. The van der Waals surface area contributed by atoms with Crippen molar-refractivity contribution in [1.82, 2.24) is 4.90 Å². The maximum absolute atomic E-state index is 13.1. The smallest absolute Gasteiger partial charge is 0.324 e. The second kappa shape index (κ2) is 8.76. The fourth-order valence-corrected chi connectivity index (χ4v) is 3.57. The number of hydrogen-bond donors (Lipinski definition) is 0. The summed E-state index contributed by atoms with van der Waals surface area (Å²) in [4.78, 5) is 28.4. The molecular weight excluding hydrogens is 432 g/mol. The first-order chi connectivity index (χ1) is 13.0. The lowest BCUT2D eigenvalue weighted by atomic mass is 10.0. The molecule has 27 heavy (non-hydrogen) atoms. The Bertz CT molecular complexity index is 811. The van der Waals surface area contributed by atoms with E-state index in [9.17, 15) is 9.59 Å². The topological polar surface area (TPSA) is 49.9 Å². The van der Waals surface area contributed by atoms with Gasteiger partial charge in [0.2, 0.25) is 0 Å². The lowest BCUT2D eigenvalue weighted by molar-refractivity contribution is -0.141. The van der Waals surface area contributed by atoms with Crippen molar-refractivity contribution in [1.29, 1.82) is 0 Å². The predicted molar refractivity (Wildman–Crippen MR) is 109 cm³/mol. The normalized spacial score (nSPS) is 17.1. The summed E-state index contributed by atoms with van der Waals surface area (Å²) in [6, 6.07) is 14.9. The molecule has 1 saturated heterocycles. The molecule has 0 saturated carbocycles. The Balaban J connectivity index is 1.83. The van der Waals surface area contributed by atoms with Crippen LogP contribution in [0.2, 0.25) is 5.02 Å². The summed E-state index contributed by atoms with van der Waals surface area (Å²) in [5.74, 6) is -0.275. The van der Waals surface area contributed by atoms with Gasteiger partial charge in [-0.3, -0.25) is 9.69 Å². The predicted octanol–water partition coefficient (Wildman–Crippen LogP) is 4.72. The van der Waals surface area contributed by atoms with Gasteiger partial charge in [0.15, 0.2) is 0 Å². The maximum atomic E-state index is 13.1. The third-order valence-corrected chi connectivity index (χ3v) is 5.31. The number of rotatable bonds is 5. The Morgan fingerprint density at radius 1 is 1.15 bits per heavy atom. The Morgan fingerprint density at radius 2 is 1.81 bits per heavy atom. The van der Waals surface area contributed by atoms with E-state index in [2.05, 4.69) is 15.9 Å². The van der Waals surface area contributed by atoms with Crippen molar-refractivity contribution in [2.45, 2.75) is 13.0 Å². The number of nitrogens with zero attached hydrogens (tertiary/aromatic N) is 2. The van der Waals surface area contributed by atoms with Gasteiger partial charge < -0.3 is 9.64 Å². The van der Waals surface area contributed by atoms with E-state index in [0.717, 1.165) is 15.7 Å². The fraction of sp³-hybridized carbons (Fsp3) is 0.300. The highest BCUT2D eigenvalue weighted by Gasteiger charge is 2.33. The second-order valence-electron chi connectivity index (χ2n) is 6.52. The van der Waals surface area contributed by atoms with E-state index in [0.29, 0.717) is 24.7 Å². The van der Waals surface area contributed by atoms with Crippen LogP contribution in [0.4, 0.5) is 10.5 Å². The summed E-state index contributed by atoms with van der Waals surface area (Å²) < 4.78 is 5.77. The number of carbonyl (C=O) groups excluding carboxylic acids is 2. The molecule has 1 atom stereocenters. The van der Waals surface area contributed by atoms with Crippen LogP contribution in [-0.4, -0.2) is 37.1 Å². The molecule has 142 valence electrons. The van der Waals surface area contributed by atoms with Gasteiger partial charge in [0.05, 0.1) is 13.5 Å². The molecule has 1 aliphatic rings. The summed E-state index contributed by atoms with van der Waals surface area (Å²) in [5, 5.41) is 0.656. The molecule has 0 spiro atoms. The van der Waals surface area contributed by atoms with Crippen LogP contribution in [0.1, 0.15) is 12.0 Å². The van der Waals surface area contributed by atoms with Crippen molar-refractivity contribution < 1.29 is 14.3 Å². The lowest BCUT2D eigenvalue weighted by Gasteiger charge is -2.40. The number of benzene rings is 2. The molecule has 1 heterocycles. The summed E-state index contributed by atoms with van der Waals surface area (Å²) in [6.45, 7) is 1.44. The second-order valence-corrected chi connectivity index (χ2v) is 7.87. The van der Waals surface area contributed by atoms with E-state index >= 15 is 0 Å². The highest BCUT2D eigenvalue weighted by Crippen LogP contribution is 2.27. The molecule has 0 radical (unpaired) electrons. The van der Waals surface area contributed by atoms with Gasteiger partial charge in [-0.15, -0.1) is 0 Å². The van der Waals surface area contributed by atoms with Crippen molar-refractivity contribution >= 4 is 45.2 Å². The van der Waals surface area contributed by atoms with Gasteiger partial charge in [0.1, 0.15) is 0 Å². The number of amides is 2. The van der Waals surface area contributed by atoms with E-state index in [1.54, 1.807) is 9.80 Å². The fourth-order valence-electron chi connectivity index (χ4n) is 3.18. The van der Waals surface area contributed by atoms with Crippen LogP contribution >= 0.6 is 27.5 Å². The Labute approximate surface area is 172 Å². The number of anilines is 1. The number of esters is 1. The molecule has 1 unspecified atom stereocenters. The molecule has 2 amide bonds. The largest absolute Gasteiger partial charge is 0.469 e. The van der Waals surface area contributed by atoms with Gasteiger partial charge in [-0.05, 0) is 42.0 Å². The van der Waals surface area contributed by atoms with Crippen molar-refractivity contribution in [3.8, 4) is 0 Å². The first kappa shape index (κ1) is 19.7. The SMILES string of the molecule is COC(=O)CC1CN(Cc2ccc(Cl)cc2)C(=O)N(c2ccc(Br)cc2)C1. The molecular formula is C20H20BrClN2O3. The van der Waals surface area contributed by atoms with Crippen LogP contribution in [0.15, 0.2) is 53.0 Å². The zero-order valence-electron chi connectivity index (χ0n) is 14.9. The van der Waals surface area contributed by atoms with Crippen molar-refractivity contribution in [3.05, 3.63) is 63.6 Å². The van der Waals surface area contributed by atoms with Crippen LogP contribution in [0.5, 0.6) is 0 Å². The summed E-state index contributed by atoms with van der Waals surface area (Å²) in [6.07, 6.45) is 0.272. The van der Waals surface area contributed by atoms with Crippen LogP contribution in [0, 0.1) is 5.92 Å². The zero-order chi connectivity index (χ0) is 19.4. The van der Waals surface area contributed by atoms with Crippen LogP contribution in [0.25, 0.3) is 0 Å². The molecule has 2 aromatic rings. The number of methoxy groups -OCH3 is 1. The number of halogens is 2. The number of carbonyl (C=O) groups is 2. The molecule has 3 rings (SSSR count). The highest BCUT2D eigenvalue weighted by atomic mass is 79.9. The molecule has 2 aromatic carbocycles. The Kier molecular flexibility index (Phi) is 6.39. The monoisotopic (exact) mass is 450 g/mol. The molecule has 5 nitrogen and oxygen atoms in total. The van der Waals surface area contributed by atoms with Gasteiger partial charge in [-0.1, -0.05) is 39.7 Å². The van der Waals surface area contributed by atoms with E-state index in [4.69, 9.17) is 16.3 Å². The minimum Gasteiger partial charge on any atom is -0.469 e. The minimum atomic E-state index is -0.267. The van der Waals surface area contributed by atoms with Crippen LogP contribution < -0.4 is 4.90 Å². The molecule has 0 aromatic heterocycles. The molecule has 7 heteroatoms. The van der Waals surface area contributed by atoms with Crippen molar-refractivity contribution in [2.75, 3.05) is 25.1 Å². The van der Waals surface area contributed by atoms with Gasteiger partial charge in [-0.25, -0.2) is 4.79 Å². The van der Waals surface area contributed by atoms with Gasteiger partial charge >= 0.3 is 12.0 Å². The first-order valence-corrected chi connectivity index (χ1v) is 9.76. The van der Waals surface area contributed by atoms with E-state index in [-0.39, 0.29) is 24.3 Å². The van der Waals surface area contributed by atoms with Gasteiger partial charge in [0.25, 0.3) is 0 Å². The van der Waals surface area contributed by atoms with E-state index in [1.165, 1.54) is 7.11 Å². The van der Waals surface area contributed by atoms with E-state index < -0.39 is 0 Å². The Morgan fingerprint density at radius 3 is 2.44 bits per heavy atom. The van der Waals surface area contributed by atoms with Crippen LogP contribution in [-0.2, 0) is 16.1 Å². The molecule has 0 aliphatic carbocycles. The summed E-state index contributed by atoms with van der Waals surface area (Å²) in [7, 11) is 1.38. The van der Waals surface area contributed by atoms with Crippen LogP contribution in [0.3, 0.4) is 0 Å². The van der Waals surface area contributed by atoms with Gasteiger partial charge in [0, 0.05) is 40.7 Å². The van der Waals surface area contributed by atoms with Crippen molar-refractivity contribution in [3.63, 3.8) is 0 Å². The highest BCUT2D eigenvalue weighted by molar-refractivity contribution is 9.10. The lowest BCUT2D eigenvalue weighted by Crippen LogP contribution is -2.53. The van der Waals surface area contributed by atoms with Gasteiger partial charge in [-0.2, -0.15) is 0 Å². The third kappa shape index (κ3) is 5.02. The number of ether oxygens (including phenoxy) is 1. The average Bonchev–Trinajstić information content (AvgIpc) is 2.66. The molecule has 0 bridgehead atoms.